The van der Waals surface area contributed by atoms with Crippen molar-refractivity contribution in [1.29, 1.82) is 0 Å². The normalized spacial score (nSPS) is 20.1. The van der Waals surface area contributed by atoms with Crippen molar-refractivity contribution in [2.24, 2.45) is 0 Å². The molecule has 21 heavy (non-hydrogen) atoms. The molecule has 1 aliphatic carbocycles. The predicted molar refractivity (Wildman–Crippen MR) is 77.6 cm³/mol. The number of carbonyl (C=O) groups is 3. The maximum absolute atomic E-state index is 12.4. The van der Waals surface area contributed by atoms with Crippen LogP contribution in [0.1, 0.15) is 38.5 Å². The third-order valence-electron chi connectivity index (χ3n) is 4.19. The van der Waals surface area contributed by atoms with Crippen LogP contribution in [0, 0.1) is 0 Å². The first-order valence-corrected chi connectivity index (χ1v) is 7.64. The van der Waals surface area contributed by atoms with Crippen LogP contribution in [0.15, 0.2) is 0 Å². The van der Waals surface area contributed by atoms with Crippen molar-refractivity contribution < 1.29 is 14.4 Å². The number of nitrogens with one attached hydrogen (secondary N) is 3. The first kappa shape index (κ1) is 15.8. The van der Waals surface area contributed by atoms with Gasteiger partial charge in [-0.25, -0.2) is 4.79 Å². The number of carbonyl (C=O) groups excluding carboxylic acids is 3. The van der Waals surface area contributed by atoms with Gasteiger partial charge in [-0.05, 0) is 32.9 Å². The van der Waals surface area contributed by atoms with E-state index in [1.54, 1.807) is 0 Å². The molecule has 0 radical (unpaired) electrons. The van der Waals surface area contributed by atoms with Gasteiger partial charge in [-0.1, -0.05) is 12.8 Å². The van der Waals surface area contributed by atoms with Gasteiger partial charge in [-0.3, -0.25) is 14.5 Å². The highest BCUT2D eigenvalue weighted by Crippen LogP contribution is 2.34. The van der Waals surface area contributed by atoms with Crippen molar-refractivity contribution in [3.8, 4) is 0 Å². The summed E-state index contributed by atoms with van der Waals surface area (Å²) in [5, 5.41) is 8.59. The molecular weight excluding hydrogens is 272 g/mol. The van der Waals surface area contributed by atoms with Gasteiger partial charge in [0.25, 0.3) is 5.91 Å². The fourth-order valence-corrected chi connectivity index (χ4v) is 2.99. The van der Waals surface area contributed by atoms with Crippen LogP contribution in [0.2, 0.25) is 0 Å². The Kier molecular flexibility index (Phi) is 5.17. The van der Waals surface area contributed by atoms with Crippen molar-refractivity contribution in [2.75, 3.05) is 26.7 Å². The van der Waals surface area contributed by atoms with Crippen LogP contribution in [0.25, 0.3) is 0 Å². The topological polar surface area (TPSA) is 90.5 Å². The van der Waals surface area contributed by atoms with Crippen LogP contribution in [-0.2, 0) is 9.59 Å². The Labute approximate surface area is 124 Å². The van der Waals surface area contributed by atoms with E-state index >= 15 is 0 Å². The lowest BCUT2D eigenvalue weighted by Gasteiger charge is -2.19. The largest absolute Gasteiger partial charge is 0.356 e. The molecule has 0 aromatic rings. The van der Waals surface area contributed by atoms with E-state index in [-0.39, 0.29) is 30.8 Å². The average Bonchev–Trinajstić information content (AvgIpc) is 3.01. The van der Waals surface area contributed by atoms with E-state index in [1.807, 2.05) is 7.05 Å². The van der Waals surface area contributed by atoms with Gasteiger partial charge >= 0.3 is 6.03 Å². The molecule has 1 saturated heterocycles. The zero-order valence-electron chi connectivity index (χ0n) is 12.5. The second kappa shape index (κ2) is 6.89. The first-order chi connectivity index (χ1) is 10.1. The molecule has 0 bridgehead atoms. The minimum atomic E-state index is -0.680. The summed E-state index contributed by atoms with van der Waals surface area (Å²) in [6, 6.07) is -0.357. The zero-order valence-corrected chi connectivity index (χ0v) is 12.5. The van der Waals surface area contributed by atoms with Crippen LogP contribution in [0.5, 0.6) is 0 Å². The van der Waals surface area contributed by atoms with Gasteiger partial charge in [-0.2, -0.15) is 0 Å². The van der Waals surface area contributed by atoms with Gasteiger partial charge in [0.1, 0.15) is 5.54 Å². The van der Waals surface area contributed by atoms with E-state index in [0.29, 0.717) is 19.4 Å². The quantitative estimate of drug-likeness (QED) is 0.454. The van der Waals surface area contributed by atoms with E-state index in [4.69, 9.17) is 0 Å². The van der Waals surface area contributed by atoms with Crippen LogP contribution in [0.3, 0.4) is 0 Å². The Morgan fingerprint density at radius 2 is 2.00 bits per heavy atom. The Hall–Kier alpha value is -1.63. The van der Waals surface area contributed by atoms with Gasteiger partial charge < -0.3 is 16.0 Å². The molecule has 1 aliphatic heterocycles. The molecule has 118 valence electrons. The van der Waals surface area contributed by atoms with E-state index in [1.165, 1.54) is 4.90 Å². The van der Waals surface area contributed by atoms with E-state index in [9.17, 15) is 14.4 Å². The zero-order chi connectivity index (χ0) is 15.3. The van der Waals surface area contributed by atoms with E-state index in [2.05, 4.69) is 16.0 Å². The van der Waals surface area contributed by atoms with Crippen LogP contribution in [0.4, 0.5) is 4.79 Å². The number of hydrogen-bond donors (Lipinski definition) is 3. The number of amides is 4. The summed E-state index contributed by atoms with van der Waals surface area (Å²) in [5.41, 5.74) is -0.680. The molecule has 1 saturated carbocycles. The predicted octanol–water partition coefficient (Wildman–Crippen LogP) is -0.0332. The number of urea groups is 1. The van der Waals surface area contributed by atoms with E-state index < -0.39 is 5.54 Å². The molecule has 0 aromatic heterocycles. The molecule has 4 amide bonds. The highest BCUT2D eigenvalue weighted by Gasteiger charge is 2.52. The molecule has 7 nitrogen and oxygen atoms in total. The lowest BCUT2D eigenvalue weighted by molar-refractivity contribution is -0.131. The number of rotatable bonds is 7. The Morgan fingerprint density at radius 3 is 2.67 bits per heavy atom. The fraction of sp³-hybridized carbons (Fsp3) is 0.786. The van der Waals surface area contributed by atoms with Gasteiger partial charge in [0, 0.05) is 19.5 Å². The molecule has 3 N–H and O–H groups in total. The van der Waals surface area contributed by atoms with Crippen molar-refractivity contribution >= 4 is 17.8 Å². The molecule has 2 fully saturated rings. The summed E-state index contributed by atoms with van der Waals surface area (Å²) in [6.45, 7) is 1.60. The molecule has 0 unspecified atom stereocenters. The molecule has 1 heterocycles. The number of imide groups is 1. The first-order valence-electron chi connectivity index (χ1n) is 7.64. The lowest BCUT2D eigenvalue weighted by Crippen LogP contribution is -2.44. The summed E-state index contributed by atoms with van der Waals surface area (Å²) in [6.07, 6.45) is 4.37. The summed E-state index contributed by atoms with van der Waals surface area (Å²) < 4.78 is 0. The van der Waals surface area contributed by atoms with Crippen LogP contribution in [-0.4, -0.2) is 55.0 Å². The van der Waals surface area contributed by atoms with Gasteiger partial charge in [0.05, 0.1) is 0 Å². The molecule has 0 atom stereocenters. The molecule has 7 heteroatoms. The molecule has 2 rings (SSSR count). The molecule has 1 spiro atoms. The maximum Gasteiger partial charge on any atom is 0.325 e. The standard InChI is InChI=1S/C14H24N4O3/c1-15-8-4-9-16-11(19)5-10-18-12(20)14(17-13(18)21)6-2-3-7-14/h15H,2-10H2,1H3,(H,16,19)(H,17,21). The van der Waals surface area contributed by atoms with Crippen molar-refractivity contribution in [3.63, 3.8) is 0 Å². The highest BCUT2D eigenvalue weighted by atomic mass is 16.2. The van der Waals surface area contributed by atoms with E-state index in [0.717, 1.165) is 25.8 Å². The Balaban J connectivity index is 1.76. The Bertz CT molecular complexity index is 418. The maximum atomic E-state index is 12.4. The van der Waals surface area contributed by atoms with Gasteiger partial charge in [0.2, 0.25) is 5.91 Å². The third kappa shape index (κ3) is 3.53. The van der Waals surface area contributed by atoms with Gasteiger partial charge in [-0.15, -0.1) is 0 Å². The number of hydrogen-bond acceptors (Lipinski definition) is 4. The third-order valence-corrected chi connectivity index (χ3v) is 4.19. The highest BCUT2D eigenvalue weighted by molar-refractivity contribution is 6.07. The summed E-state index contributed by atoms with van der Waals surface area (Å²) >= 11 is 0. The molecular formula is C14H24N4O3. The van der Waals surface area contributed by atoms with Crippen LogP contribution >= 0.6 is 0 Å². The molecule has 2 aliphatic rings. The second-order valence-electron chi connectivity index (χ2n) is 5.73. The number of nitrogens with zero attached hydrogens (tertiary/aromatic N) is 1. The Morgan fingerprint density at radius 1 is 1.29 bits per heavy atom. The fourth-order valence-electron chi connectivity index (χ4n) is 2.99. The van der Waals surface area contributed by atoms with Crippen LogP contribution < -0.4 is 16.0 Å². The summed E-state index contributed by atoms with van der Waals surface area (Å²) in [5.74, 6) is -0.285. The minimum Gasteiger partial charge on any atom is -0.356 e. The summed E-state index contributed by atoms with van der Waals surface area (Å²) in [4.78, 5) is 37.1. The van der Waals surface area contributed by atoms with Crippen molar-refractivity contribution in [1.82, 2.24) is 20.9 Å². The monoisotopic (exact) mass is 296 g/mol. The van der Waals surface area contributed by atoms with Gasteiger partial charge in [0.15, 0.2) is 0 Å². The second-order valence-corrected chi connectivity index (χ2v) is 5.73. The minimum absolute atomic E-state index is 0.126. The average molecular weight is 296 g/mol. The lowest BCUT2D eigenvalue weighted by atomic mass is 9.98. The molecule has 0 aromatic carbocycles. The van der Waals surface area contributed by atoms with Crippen molar-refractivity contribution in [3.05, 3.63) is 0 Å². The van der Waals surface area contributed by atoms with Crippen molar-refractivity contribution in [2.45, 2.75) is 44.1 Å². The smallest absolute Gasteiger partial charge is 0.325 e. The SMILES string of the molecule is CNCCCNC(=O)CCN1C(=O)NC2(CCCC2)C1=O. The summed E-state index contributed by atoms with van der Waals surface area (Å²) in [7, 11) is 1.86.